The molecule has 1 amide bonds. The molecule has 0 aliphatic heterocycles. The Morgan fingerprint density at radius 3 is 2.24 bits per heavy atom. The van der Waals surface area contributed by atoms with Crippen molar-refractivity contribution in [2.24, 2.45) is 5.41 Å². The third-order valence-electron chi connectivity index (χ3n) is 3.22. The Kier molecular flexibility index (Phi) is 4.22. The van der Waals surface area contributed by atoms with E-state index in [1.54, 1.807) is 6.07 Å². The lowest BCUT2D eigenvalue weighted by atomic mass is 9.95. The van der Waals surface area contributed by atoms with Crippen molar-refractivity contribution in [2.45, 2.75) is 20.8 Å². The average molecular weight is 281 g/mol. The second-order valence-electron chi connectivity index (χ2n) is 5.99. The van der Waals surface area contributed by atoms with Crippen LogP contribution in [0.2, 0.25) is 0 Å². The highest BCUT2D eigenvalue weighted by atomic mass is 16.2. The monoisotopic (exact) mass is 281 g/mol. The minimum absolute atomic E-state index is 0.115. The lowest BCUT2D eigenvalue weighted by Gasteiger charge is -2.19. The summed E-state index contributed by atoms with van der Waals surface area (Å²) in [5, 5.41) is 2.84. The van der Waals surface area contributed by atoms with Gasteiger partial charge in [-0.05, 0) is 23.3 Å². The first-order valence-corrected chi connectivity index (χ1v) is 6.88. The standard InChI is InChI=1S/C18H19NO2/c1-18(2,3)17(21)19-16-11-14(9-10-15(16)12-20)13-7-5-4-6-8-13/h4-12H,1-3H3,(H,19,21). The quantitative estimate of drug-likeness (QED) is 0.859. The Bertz CT molecular complexity index is 655. The average Bonchev–Trinajstić information content (AvgIpc) is 2.47. The molecule has 1 N–H and O–H groups in total. The summed E-state index contributed by atoms with van der Waals surface area (Å²) < 4.78 is 0. The van der Waals surface area contributed by atoms with Crippen molar-refractivity contribution >= 4 is 17.9 Å². The fourth-order valence-corrected chi connectivity index (χ4v) is 1.89. The molecule has 2 aromatic rings. The summed E-state index contributed by atoms with van der Waals surface area (Å²) >= 11 is 0. The summed E-state index contributed by atoms with van der Waals surface area (Å²) in [5.74, 6) is -0.115. The molecule has 2 aromatic carbocycles. The van der Waals surface area contributed by atoms with Gasteiger partial charge in [-0.15, -0.1) is 0 Å². The van der Waals surface area contributed by atoms with E-state index in [1.807, 2.05) is 63.2 Å². The normalized spacial score (nSPS) is 11.0. The van der Waals surface area contributed by atoms with Gasteiger partial charge in [-0.1, -0.05) is 57.2 Å². The largest absolute Gasteiger partial charge is 0.325 e. The van der Waals surface area contributed by atoms with Crippen LogP contribution in [0.5, 0.6) is 0 Å². The van der Waals surface area contributed by atoms with Gasteiger partial charge in [0.25, 0.3) is 0 Å². The molecule has 0 saturated heterocycles. The van der Waals surface area contributed by atoms with Gasteiger partial charge in [0, 0.05) is 11.0 Å². The highest BCUT2D eigenvalue weighted by Crippen LogP contribution is 2.26. The molecular weight excluding hydrogens is 262 g/mol. The number of carbonyl (C=O) groups excluding carboxylic acids is 2. The second kappa shape index (κ2) is 5.92. The molecule has 21 heavy (non-hydrogen) atoms. The van der Waals surface area contributed by atoms with Crippen molar-refractivity contribution in [3.63, 3.8) is 0 Å². The molecule has 0 bridgehead atoms. The highest BCUT2D eigenvalue weighted by Gasteiger charge is 2.22. The second-order valence-corrected chi connectivity index (χ2v) is 5.99. The van der Waals surface area contributed by atoms with Gasteiger partial charge in [0.1, 0.15) is 0 Å². The summed E-state index contributed by atoms with van der Waals surface area (Å²) in [6, 6.07) is 15.3. The number of aldehydes is 1. The first-order valence-electron chi connectivity index (χ1n) is 6.88. The molecule has 0 radical (unpaired) electrons. The van der Waals surface area contributed by atoms with Gasteiger partial charge in [-0.2, -0.15) is 0 Å². The van der Waals surface area contributed by atoms with E-state index in [9.17, 15) is 9.59 Å². The van der Waals surface area contributed by atoms with E-state index in [0.29, 0.717) is 11.3 Å². The van der Waals surface area contributed by atoms with Gasteiger partial charge in [0.05, 0.1) is 5.69 Å². The van der Waals surface area contributed by atoms with Crippen LogP contribution in [0.25, 0.3) is 11.1 Å². The Hall–Kier alpha value is -2.42. The SMILES string of the molecule is CC(C)(C)C(=O)Nc1cc(-c2ccccc2)ccc1C=O. The lowest BCUT2D eigenvalue weighted by molar-refractivity contribution is -0.123. The summed E-state index contributed by atoms with van der Waals surface area (Å²) in [5.41, 5.74) is 2.52. The van der Waals surface area contributed by atoms with E-state index in [-0.39, 0.29) is 5.91 Å². The molecular formula is C18H19NO2. The van der Waals surface area contributed by atoms with Crippen LogP contribution >= 0.6 is 0 Å². The number of hydrogen-bond donors (Lipinski definition) is 1. The Morgan fingerprint density at radius 1 is 1.00 bits per heavy atom. The maximum absolute atomic E-state index is 12.1. The van der Waals surface area contributed by atoms with Gasteiger partial charge >= 0.3 is 0 Å². The molecule has 0 saturated carbocycles. The van der Waals surface area contributed by atoms with Crippen LogP contribution in [-0.4, -0.2) is 12.2 Å². The molecule has 3 heteroatoms. The molecule has 0 spiro atoms. The van der Waals surface area contributed by atoms with Crippen molar-refractivity contribution in [1.29, 1.82) is 0 Å². The molecule has 0 aliphatic rings. The van der Waals surface area contributed by atoms with Gasteiger partial charge in [-0.3, -0.25) is 9.59 Å². The minimum atomic E-state index is -0.511. The fourth-order valence-electron chi connectivity index (χ4n) is 1.89. The van der Waals surface area contributed by atoms with Gasteiger partial charge in [0.2, 0.25) is 5.91 Å². The van der Waals surface area contributed by atoms with Gasteiger partial charge in [0.15, 0.2) is 6.29 Å². The van der Waals surface area contributed by atoms with Crippen molar-refractivity contribution in [3.8, 4) is 11.1 Å². The number of benzene rings is 2. The van der Waals surface area contributed by atoms with Crippen molar-refractivity contribution in [3.05, 3.63) is 54.1 Å². The van der Waals surface area contributed by atoms with Crippen molar-refractivity contribution in [1.82, 2.24) is 0 Å². The zero-order valence-electron chi connectivity index (χ0n) is 12.5. The van der Waals surface area contributed by atoms with E-state index in [0.717, 1.165) is 17.4 Å². The highest BCUT2D eigenvalue weighted by molar-refractivity contribution is 5.99. The molecule has 0 aromatic heterocycles. The Balaban J connectivity index is 2.40. The molecule has 0 unspecified atom stereocenters. The van der Waals surface area contributed by atoms with Crippen molar-refractivity contribution < 1.29 is 9.59 Å². The molecule has 0 atom stereocenters. The smallest absolute Gasteiger partial charge is 0.229 e. The zero-order valence-corrected chi connectivity index (χ0v) is 12.5. The minimum Gasteiger partial charge on any atom is -0.325 e. The van der Waals surface area contributed by atoms with Crippen LogP contribution in [0.15, 0.2) is 48.5 Å². The molecule has 108 valence electrons. The lowest BCUT2D eigenvalue weighted by Crippen LogP contribution is -2.28. The number of carbonyl (C=O) groups is 2. The number of rotatable bonds is 3. The van der Waals surface area contributed by atoms with E-state index in [4.69, 9.17) is 0 Å². The molecule has 0 fully saturated rings. The predicted molar refractivity (Wildman–Crippen MR) is 85.4 cm³/mol. The Labute approximate surface area is 125 Å². The van der Waals surface area contributed by atoms with Gasteiger partial charge in [-0.25, -0.2) is 0 Å². The van der Waals surface area contributed by atoms with Crippen LogP contribution in [0.3, 0.4) is 0 Å². The maximum atomic E-state index is 12.1. The van der Waals surface area contributed by atoms with Crippen LogP contribution < -0.4 is 5.32 Å². The first kappa shape index (κ1) is 15.0. The van der Waals surface area contributed by atoms with Crippen molar-refractivity contribution in [2.75, 3.05) is 5.32 Å². The number of anilines is 1. The summed E-state index contributed by atoms with van der Waals surface area (Å²) in [4.78, 5) is 23.3. The number of nitrogens with one attached hydrogen (secondary N) is 1. The van der Waals surface area contributed by atoms with Gasteiger partial charge < -0.3 is 5.32 Å². The van der Waals surface area contributed by atoms with Crippen LogP contribution in [0.4, 0.5) is 5.69 Å². The van der Waals surface area contributed by atoms with E-state index in [2.05, 4.69) is 5.32 Å². The third-order valence-corrected chi connectivity index (χ3v) is 3.22. The van der Waals surface area contributed by atoms with Crippen LogP contribution in [0.1, 0.15) is 31.1 Å². The number of hydrogen-bond acceptors (Lipinski definition) is 2. The topological polar surface area (TPSA) is 46.2 Å². The van der Waals surface area contributed by atoms with Crippen LogP contribution in [-0.2, 0) is 4.79 Å². The van der Waals surface area contributed by atoms with E-state index in [1.165, 1.54) is 0 Å². The maximum Gasteiger partial charge on any atom is 0.229 e. The number of amides is 1. The van der Waals surface area contributed by atoms with E-state index < -0.39 is 5.41 Å². The summed E-state index contributed by atoms with van der Waals surface area (Å²) in [6.45, 7) is 5.51. The molecule has 0 aliphatic carbocycles. The van der Waals surface area contributed by atoms with Crippen LogP contribution in [0, 0.1) is 5.41 Å². The zero-order chi connectivity index (χ0) is 15.5. The molecule has 0 heterocycles. The fraction of sp³-hybridized carbons (Fsp3) is 0.222. The summed E-state index contributed by atoms with van der Waals surface area (Å²) in [6.07, 6.45) is 0.757. The molecule has 3 nitrogen and oxygen atoms in total. The summed E-state index contributed by atoms with van der Waals surface area (Å²) in [7, 11) is 0. The first-order chi connectivity index (χ1) is 9.91. The Morgan fingerprint density at radius 2 is 1.67 bits per heavy atom. The molecule has 2 rings (SSSR count). The third kappa shape index (κ3) is 3.57. The predicted octanol–water partition coefficient (Wildman–Crippen LogP) is 4.15. The van der Waals surface area contributed by atoms with E-state index >= 15 is 0 Å².